The zero-order chi connectivity index (χ0) is 15.5. The van der Waals surface area contributed by atoms with Gasteiger partial charge < -0.3 is 5.11 Å². The number of hydrogen-bond acceptors (Lipinski definition) is 3. The van der Waals surface area contributed by atoms with Gasteiger partial charge in [-0.05, 0) is 49.0 Å². The SMILES string of the molecule is O=C(O)c1cccc(CN2CCC(c3cn[nH]c3)CC2)c1Cl. The molecule has 6 heteroatoms. The third kappa shape index (κ3) is 3.15. The highest BCUT2D eigenvalue weighted by Crippen LogP contribution is 2.29. The van der Waals surface area contributed by atoms with E-state index < -0.39 is 5.97 Å². The van der Waals surface area contributed by atoms with Crippen LogP contribution in [0.1, 0.15) is 40.2 Å². The highest BCUT2D eigenvalue weighted by atomic mass is 35.5. The van der Waals surface area contributed by atoms with Gasteiger partial charge in [0.05, 0.1) is 16.8 Å². The third-order valence-corrected chi connectivity index (χ3v) is 4.73. The minimum Gasteiger partial charge on any atom is -0.478 e. The quantitative estimate of drug-likeness (QED) is 0.908. The van der Waals surface area contributed by atoms with E-state index in [1.54, 1.807) is 12.1 Å². The van der Waals surface area contributed by atoms with Crippen molar-refractivity contribution in [3.05, 3.63) is 52.3 Å². The Balaban J connectivity index is 1.64. The number of halogens is 1. The maximum Gasteiger partial charge on any atom is 0.337 e. The Bertz CT molecular complexity index is 649. The highest BCUT2D eigenvalue weighted by Gasteiger charge is 2.22. The van der Waals surface area contributed by atoms with Gasteiger partial charge in [0.25, 0.3) is 0 Å². The number of carboxylic acid groups (broad SMARTS) is 1. The highest BCUT2D eigenvalue weighted by molar-refractivity contribution is 6.34. The molecule has 0 saturated carbocycles. The van der Waals surface area contributed by atoms with Crippen molar-refractivity contribution in [1.82, 2.24) is 15.1 Å². The molecule has 0 spiro atoms. The number of H-pyrrole nitrogens is 1. The molecule has 5 nitrogen and oxygen atoms in total. The fraction of sp³-hybridized carbons (Fsp3) is 0.375. The van der Waals surface area contributed by atoms with Crippen LogP contribution in [0.25, 0.3) is 0 Å². The maximum atomic E-state index is 11.1. The molecule has 3 rings (SSSR count). The van der Waals surface area contributed by atoms with Gasteiger partial charge >= 0.3 is 5.97 Å². The summed E-state index contributed by atoms with van der Waals surface area (Å²) in [5.74, 6) is -0.429. The van der Waals surface area contributed by atoms with Crippen LogP contribution in [0.2, 0.25) is 5.02 Å². The molecule has 1 fully saturated rings. The Morgan fingerprint density at radius 3 is 2.82 bits per heavy atom. The number of aromatic amines is 1. The lowest BCUT2D eigenvalue weighted by Crippen LogP contribution is -2.32. The van der Waals surface area contributed by atoms with Crippen LogP contribution in [0.4, 0.5) is 0 Å². The van der Waals surface area contributed by atoms with E-state index in [9.17, 15) is 4.79 Å². The minimum absolute atomic E-state index is 0.174. The second kappa shape index (κ2) is 6.50. The van der Waals surface area contributed by atoms with E-state index in [-0.39, 0.29) is 5.56 Å². The molecule has 0 atom stereocenters. The van der Waals surface area contributed by atoms with Crippen LogP contribution in [-0.4, -0.2) is 39.3 Å². The minimum atomic E-state index is -0.981. The van der Waals surface area contributed by atoms with Gasteiger partial charge in [-0.2, -0.15) is 5.10 Å². The molecule has 22 heavy (non-hydrogen) atoms. The summed E-state index contributed by atoms with van der Waals surface area (Å²) in [6, 6.07) is 5.19. The summed E-state index contributed by atoms with van der Waals surface area (Å²) in [6.45, 7) is 2.64. The topological polar surface area (TPSA) is 69.2 Å². The van der Waals surface area contributed by atoms with E-state index in [1.165, 1.54) is 5.56 Å². The Morgan fingerprint density at radius 2 is 2.18 bits per heavy atom. The number of aromatic nitrogens is 2. The predicted octanol–water partition coefficient (Wildman–Crippen LogP) is 3.14. The van der Waals surface area contributed by atoms with Crippen molar-refractivity contribution < 1.29 is 9.90 Å². The van der Waals surface area contributed by atoms with Crippen LogP contribution in [0.5, 0.6) is 0 Å². The summed E-state index contributed by atoms with van der Waals surface area (Å²) in [6.07, 6.45) is 6.02. The van der Waals surface area contributed by atoms with Crippen LogP contribution in [-0.2, 0) is 6.54 Å². The normalized spacial score (nSPS) is 16.8. The van der Waals surface area contributed by atoms with Crippen molar-refractivity contribution in [2.45, 2.75) is 25.3 Å². The zero-order valence-electron chi connectivity index (χ0n) is 12.1. The van der Waals surface area contributed by atoms with Crippen molar-refractivity contribution in [1.29, 1.82) is 0 Å². The van der Waals surface area contributed by atoms with Crippen molar-refractivity contribution >= 4 is 17.6 Å². The van der Waals surface area contributed by atoms with Crippen LogP contribution >= 0.6 is 11.6 Å². The average molecular weight is 320 g/mol. The number of nitrogens with zero attached hydrogens (tertiary/aromatic N) is 2. The predicted molar refractivity (Wildman–Crippen MR) is 84.3 cm³/mol. The Hall–Kier alpha value is -1.85. The van der Waals surface area contributed by atoms with E-state index >= 15 is 0 Å². The summed E-state index contributed by atoms with van der Waals surface area (Å²) in [7, 11) is 0. The largest absolute Gasteiger partial charge is 0.478 e. The van der Waals surface area contributed by atoms with E-state index in [0.717, 1.165) is 31.5 Å². The van der Waals surface area contributed by atoms with Crippen LogP contribution in [0, 0.1) is 0 Å². The molecule has 116 valence electrons. The Labute approximate surface area is 133 Å². The molecular weight excluding hydrogens is 302 g/mol. The van der Waals surface area contributed by atoms with Gasteiger partial charge in [0.1, 0.15) is 0 Å². The molecule has 1 aromatic carbocycles. The molecule has 1 saturated heterocycles. The molecule has 2 aromatic rings. The summed E-state index contributed by atoms with van der Waals surface area (Å²) in [4.78, 5) is 13.5. The number of nitrogens with one attached hydrogen (secondary N) is 1. The molecular formula is C16H18ClN3O2. The first-order valence-electron chi connectivity index (χ1n) is 7.37. The number of carboxylic acids is 1. The zero-order valence-corrected chi connectivity index (χ0v) is 12.9. The average Bonchev–Trinajstić information content (AvgIpc) is 3.04. The van der Waals surface area contributed by atoms with E-state index in [4.69, 9.17) is 16.7 Å². The molecule has 1 aliphatic heterocycles. The smallest absolute Gasteiger partial charge is 0.337 e. The standard InChI is InChI=1S/C16H18ClN3O2/c17-15-12(2-1-3-14(15)16(21)22)10-20-6-4-11(5-7-20)13-8-18-19-9-13/h1-3,8-9,11H,4-7,10H2,(H,18,19)(H,21,22). The first kappa shape index (κ1) is 15.1. The number of piperidine rings is 1. The van der Waals surface area contributed by atoms with Crippen molar-refractivity contribution in [3.8, 4) is 0 Å². The first-order valence-corrected chi connectivity index (χ1v) is 7.74. The summed E-state index contributed by atoms with van der Waals surface area (Å²) in [5.41, 5.74) is 2.32. The fourth-order valence-electron chi connectivity index (χ4n) is 3.02. The lowest BCUT2D eigenvalue weighted by molar-refractivity contribution is 0.0697. The van der Waals surface area contributed by atoms with Crippen molar-refractivity contribution in [2.24, 2.45) is 0 Å². The molecule has 0 aliphatic carbocycles. The van der Waals surface area contributed by atoms with E-state index in [2.05, 4.69) is 15.1 Å². The number of likely N-dealkylation sites (tertiary alicyclic amines) is 1. The van der Waals surface area contributed by atoms with Gasteiger partial charge in [-0.25, -0.2) is 4.79 Å². The van der Waals surface area contributed by atoms with Crippen molar-refractivity contribution in [2.75, 3.05) is 13.1 Å². The maximum absolute atomic E-state index is 11.1. The molecule has 1 aliphatic rings. The molecule has 1 aromatic heterocycles. The number of aromatic carboxylic acids is 1. The summed E-state index contributed by atoms with van der Waals surface area (Å²) >= 11 is 6.21. The first-order chi connectivity index (χ1) is 10.6. The van der Waals surface area contributed by atoms with Crippen LogP contribution < -0.4 is 0 Å². The molecule has 2 N–H and O–H groups in total. The van der Waals surface area contributed by atoms with Crippen LogP contribution in [0.3, 0.4) is 0 Å². The number of rotatable bonds is 4. The van der Waals surface area contributed by atoms with Crippen LogP contribution in [0.15, 0.2) is 30.6 Å². The molecule has 0 bridgehead atoms. The second-order valence-electron chi connectivity index (χ2n) is 5.67. The van der Waals surface area contributed by atoms with Gasteiger partial charge in [0, 0.05) is 12.7 Å². The fourth-order valence-corrected chi connectivity index (χ4v) is 3.28. The van der Waals surface area contributed by atoms with E-state index in [0.29, 0.717) is 17.5 Å². The van der Waals surface area contributed by atoms with Crippen molar-refractivity contribution in [3.63, 3.8) is 0 Å². The Morgan fingerprint density at radius 1 is 1.41 bits per heavy atom. The number of carbonyl (C=O) groups is 1. The Kier molecular flexibility index (Phi) is 4.45. The van der Waals surface area contributed by atoms with Gasteiger partial charge in [-0.3, -0.25) is 10.00 Å². The molecule has 2 heterocycles. The summed E-state index contributed by atoms with van der Waals surface area (Å²) < 4.78 is 0. The third-order valence-electron chi connectivity index (χ3n) is 4.28. The van der Waals surface area contributed by atoms with Gasteiger partial charge in [0.2, 0.25) is 0 Å². The monoisotopic (exact) mass is 319 g/mol. The molecule has 0 radical (unpaired) electrons. The number of hydrogen-bond donors (Lipinski definition) is 2. The molecule has 0 amide bonds. The second-order valence-corrected chi connectivity index (χ2v) is 6.04. The van der Waals surface area contributed by atoms with E-state index in [1.807, 2.05) is 18.5 Å². The van der Waals surface area contributed by atoms with Gasteiger partial charge in [-0.1, -0.05) is 23.7 Å². The summed E-state index contributed by atoms with van der Waals surface area (Å²) in [5, 5.41) is 16.4. The van der Waals surface area contributed by atoms with Gasteiger partial charge in [0.15, 0.2) is 0 Å². The number of benzene rings is 1. The van der Waals surface area contributed by atoms with Gasteiger partial charge in [-0.15, -0.1) is 0 Å². The lowest BCUT2D eigenvalue weighted by Gasteiger charge is -2.31. The lowest BCUT2D eigenvalue weighted by atomic mass is 9.91. The molecule has 0 unspecified atom stereocenters.